The number of imidazole rings is 1. The standard InChI is InChI=1S/C35H60N10O11S/c1-8-18(6)27(44-31(52)23(10-20-11-37-15-39-20)40-29(50)21(36)13-46)34(55)43-26(17(4)5)33(54)45-28(19(7)47)35(56)42-24(14-57)32(53)41-22(9-16(2)3)30(51)38-12-25(48)49/h11,15-19,21-24,26-28,46-47,57H,8-10,12-14,36H2,1-7H3,(H,37,39)(H,38,51)(H,40,50)(H,41,53)(H,42,56)(H,43,55)(H,44,52)(H,45,54)(H,48,49)/t18-,19+,21-,22-,23-,24-,26-,27-,28-/m0/s1. The fourth-order valence-corrected chi connectivity index (χ4v) is 5.54. The summed E-state index contributed by atoms with van der Waals surface area (Å²) in [6.45, 7) is 10.1. The Kier molecular flexibility index (Phi) is 21.8. The number of aliphatic hydroxyl groups excluding tert-OH is 2. The number of thiol groups is 1. The molecule has 1 heterocycles. The van der Waals surface area contributed by atoms with Gasteiger partial charge < -0.3 is 63.3 Å². The summed E-state index contributed by atoms with van der Waals surface area (Å²) in [6, 6.07) is -9.23. The van der Waals surface area contributed by atoms with Crippen molar-refractivity contribution in [2.24, 2.45) is 23.5 Å². The van der Waals surface area contributed by atoms with Crippen LogP contribution >= 0.6 is 12.6 Å². The number of nitrogens with two attached hydrogens (primary N) is 1. The predicted octanol–water partition coefficient (Wildman–Crippen LogP) is -3.56. The van der Waals surface area contributed by atoms with Crippen LogP contribution in [0.2, 0.25) is 0 Å². The van der Waals surface area contributed by atoms with Crippen molar-refractivity contribution in [2.75, 3.05) is 18.9 Å². The molecule has 0 bridgehead atoms. The number of nitrogens with zero attached hydrogens (tertiary/aromatic N) is 1. The quantitative estimate of drug-likeness (QED) is 0.0425. The molecule has 0 aromatic carbocycles. The van der Waals surface area contributed by atoms with E-state index in [1.165, 1.54) is 19.4 Å². The van der Waals surface area contributed by atoms with Crippen molar-refractivity contribution in [2.45, 2.75) is 116 Å². The summed E-state index contributed by atoms with van der Waals surface area (Å²) in [5.41, 5.74) is 6.11. The van der Waals surface area contributed by atoms with Gasteiger partial charge in [0, 0.05) is 24.1 Å². The van der Waals surface area contributed by atoms with Crippen LogP contribution < -0.4 is 43.0 Å². The Morgan fingerprint density at radius 3 is 1.77 bits per heavy atom. The normalized spacial score (nSPS) is 16.0. The Balaban J connectivity index is 3.20. The highest BCUT2D eigenvalue weighted by Crippen LogP contribution is 2.12. The summed E-state index contributed by atoms with van der Waals surface area (Å²) in [4.78, 5) is 110. The van der Waals surface area contributed by atoms with Crippen LogP contribution in [0, 0.1) is 17.8 Å². The average Bonchev–Trinajstić information content (AvgIpc) is 3.67. The molecule has 0 radical (unpaired) electrons. The lowest BCUT2D eigenvalue weighted by atomic mass is 9.95. The lowest BCUT2D eigenvalue weighted by Crippen LogP contribution is -2.63. The number of carboxylic acid groups (broad SMARTS) is 1. The van der Waals surface area contributed by atoms with E-state index in [2.05, 4.69) is 59.8 Å². The van der Waals surface area contributed by atoms with Crippen molar-refractivity contribution in [1.82, 2.24) is 47.2 Å². The number of aliphatic hydroxyl groups is 2. The molecule has 1 rings (SSSR count). The summed E-state index contributed by atoms with van der Waals surface area (Å²) in [7, 11) is 0. The van der Waals surface area contributed by atoms with Crippen molar-refractivity contribution < 1.29 is 53.7 Å². The van der Waals surface area contributed by atoms with E-state index in [9.17, 15) is 48.6 Å². The molecule has 0 aliphatic carbocycles. The number of hydrogen-bond acceptors (Lipinski definition) is 13. The van der Waals surface area contributed by atoms with Gasteiger partial charge in [-0.2, -0.15) is 12.6 Å². The number of rotatable bonds is 25. The molecule has 7 amide bonds. The number of carboxylic acids is 1. The second-order valence-corrected chi connectivity index (χ2v) is 14.9. The summed E-state index contributed by atoms with van der Waals surface area (Å²) in [5.74, 6) is -8.53. The van der Waals surface area contributed by atoms with Crippen LogP contribution in [0.25, 0.3) is 0 Å². The van der Waals surface area contributed by atoms with Crippen LogP contribution in [0.3, 0.4) is 0 Å². The van der Waals surface area contributed by atoms with Crippen molar-refractivity contribution in [3.63, 3.8) is 0 Å². The molecule has 57 heavy (non-hydrogen) atoms. The highest BCUT2D eigenvalue weighted by Gasteiger charge is 2.37. The molecule has 1 aromatic rings. The van der Waals surface area contributed by atoms with Crippen LogP contribution in [0.15, 0.2) is 12.5 Å². The predicted molar refractivity (Wildman–Crippen MR) is 209 cm³/mol. The topological polar surface area (TPSA) is 336 Å². The molecular formula is C35H60N10O11S. The van der Waals surface area contributed by atoms with E-state index in [0.717, 1.165) is 0 Å². The summed E-state index contributed by atoms with van der Waals surface area (Å²) in [5, 5.41) is 46.0. The van der Waals surface area contributed by atoms with E-state index >= 15 is 0 Å². The van der Waals surface area contributed by atoms with Crippen molar-refractivity contribution in [3.05, 3.63) is 18.2 Å². The Hall–Kier alpha value is -4.80. The van der Waals surface area contributed by atoms with Gasteiger partial charge in [-0.15, -0.1) is 0 Å². The van der Waals surface area contributed by atoms with Gasteiger partial charge in [-0.3, -0.25) is 38.4 Å². The maximum atomic E-state index is 13.8. The fourth-order valence-electron chi connectivity index (χ4n) is 5.29. The summed E-state index contributed by atoms with van der Waals surface area (Å²) >= 11 is 4.14. The maximum absolute atomic E-state index is 13.8. The molecule has 13 N–H and O–H groups in total. The Morgan fingerprint density at radius 1 is 0.754 bits per heavy atom. The number of nitrogens with one attached hydrogen (secondary N) is 8. The Labute approximate surface area is 337 Å². The molecule has 0 fully saturated rings. The Bertz CT molecular complexity index is 1510. The molecule has 22 heteroatoms. The SMILES string of the molecule is CC[C@H](C)[C@H](NC(=O)[C@H](Cc1cnc[nH]1)NC(=O)[C@@H](N)CO)C(=O)N[C@H](C(=O)N[C@H](C(=O)N[C@@H](CS)C(=O)N[C@@H](CC(C)C)C(=O)NCC(=O)O)[C@@H](C)O)C(C)C. The minimum atomic E-state index is -1.64. The minimum absolute atomic E-state index is 0.0687. The first kappa shape index (κ1) is 50.2. The molecule has 0 unspecified atom stereocenters. The fraction of sp³-hybridized carbons (Fsp3) is 0.686. The van der Waals surface area contributed by atoms with E-state index in [-0.39, 0.29) is 24.5 Å². The van der Waals surface area contributed by atoms with E-state index in [1.807, 2.05) is 0 Å². The van der Waals surface area contributed by atoms with Gasteiger partial charge in [-0.1, -0.05) is 48.0 Å². The maximum Gasteiger partial charge on any atom is 0.322 e. The first-order valence-electron chi connectivity index (χ1n) is 18.6. The number of carbonyl (C=O) groups is 8. The van der Waals surface area contributed by atoms with Crippen LogP contribution in [0.5, 0.6) is 0 Å². The average molecular weight is 829 g/mol. The molecule has 0 saturated heterocycles. The molecule has 0 aliphatic heterocycles. The lowest BCUT2D eigenvalue weighted by Gasteiger charge is -2.31. The summed E-state index contributed by atoms with van der Waals surface area (Å²) < 4.78 is 0. The molecule has 1 aromatic heterocycles. The van der Waals surface area contributed by atoms with Crippen LogP contribution in [-0.4, -0.2) is 140 Å². The van der Waals surface area contributed by atoms with Gasteiger partial charge >= 0.3 is 5.97 Å². The number of aliphatic carboxylic acids is 1. The molecule has 0 aliphatic rings. The van der Waals surface area contributed by atoms with Gasteiger partial charge in [0.25, 0.3) is 0 Å². The first-order chi connectivity index (χ1) is 26.7. The zero-order chi connectivity index (χ0) is 43.6. The van der Waals surface area contributed by atoms with Crippen molar-refractivity contribution in [1.29, 1.82) is 0 Å². The first-order valence-corrected chi connectivity index (χ1v) is 19.2. The monoisotopic (exact) mass is 828 g/mol. The van der Waals surface area contributed by atoms with Gasteiger partial charge in [0.1, 0.15) is 48.8 Å². The zero-order valence-electron chi connectivity index (χ0n) is 33.3. The molecule has 322 valence electrons. The summed E-state index contributed by atoms with van der Waals surface area (Å²) in [6.07, 6.45) is 1.78. The van der Waals surface area contributed by atoms with Gasteiger partial charge in [-0.25, -0.2) is 4.98 Å². The second kappa shape index (κ2) is 24.8. The van der Waals surface area contributed by atoms with E-state index < -0.39 is 121 Å². The largest absolute Gasteiger partial charge is 0.480 e. The minimum Gasteiger partial charge on any atom is -0.480 e. The van der Waals surface area contributed by atoms with E-state index in [4.69, 9.17) is 10.8 Å². The number of H-pyrrole nitrogens is 1. The van der Waals surface area contributed by atoms with Crippen LogP contribution in [0.1, 0.15) is 67.0 Å². The number of aromatic nitrogens is 2. The number of aromatic amines is 1. The van der Waals surface area contributed by atoms with Crippen LogP contribution in [-0.2, 0) is 44.8 Å². The molecule has 0 saturated carbocycles. The van der Waals surface area contributed by atoms with Crippen molar-refractivity contribution >= 4 is 59.9 Å². The molecule has 21 nitrogen and oxygen atoms in total. The third kappa shape index (κ3) is 17.1. The van der Waals surface area contributed by atoms with Gasteiger partial charge in [0.05, 0.1) is 19.0 Å². The lowest BCUT2D eigenvalue weighted by molar-refractivity contribution is -0.139. The van der Waals surface area contributed by atoms with E-state index in [1.54, 1.807) is 41.5 Å². The molecular weight excluding hydrogens is 769 g/mol. The Morgan fingerprint density at radius 2 is 1.28 bits per heavy atom. The second-order valence-electron chi connectivity index (χ2n) is 14.5. The van der Waals surface area contributed by atoms with Crippen LogP contribution in [0.4, 0.5) is 0 Å². The number of amides is 7. The third-order valence-electron chi connectivity index (χ3n) is 8.82. The molecule has 0 spiro atoms. The van der Waals surface area contributed by atoms with Gasteiger partial charge in [0.15, 0.2) is 0 Å². The smallest absolute Gasteiger partial charge is 0.322 e. The number of carbonyl (C=O) groups excluding carboxylic acids is 7. The zero-order valence-corrected chi connectivity index (χ0v) is 34.2. The van der Waals surface area contributed by atoms with Gasteiger partial charge in [-0.05, 0) is 31.1 Å². The highest BCUT2D eigenvalue weighted by atomic mass is 32.1. The number of hydrogen-bond donors (Lipinski definition) is 13. The van der Waals surface area contributed by atoms with Gasteiger partial charge in [0.2, 0.25) is 41.4 Å². The van der Waals surface area contributed by atoms with Crippen molar-refractivity contribution in [3.8, 4) is 0 Å². The van der Waals surface area contributed by atoms with E-state index in [0.29, 0.717) is 12.1 Å². The third-order valence-corrected chi connectivity index (χ3v) is 9.18. The molecule has 9 atom stereocenters. The highest BCUT2D eigenvalue weighted by molar-refractivity contribution is 7.80.